The Labute approximate surface area is 113 Å². The number of aromatic nitrogens is 1. The summed E-state index contributed by atoms with van der Waals surface area (Å²) in [5, 5.41) is 20.5. The fourth-order valence-electron chi connectivity index (χ4n) is 1.95. The van der Waals surface area contributed by atoms with Gasteiger partial charge in [0.2, 0.25) is 0 Å². The molecule has 1 aliphatic heterocycles. The number of halogens is 1. The van der Waals surface area contributed by atoms with Crippen molar-refractivity contribution in [3.05, 3.63) is 26.9 Å². The first-order valence-electron chi connectivity index (χ1n) is 5.66. The van der Waals surface area contributed by atoms with Crippen molar-refractivity contribution >= 4 is 27.4 Å². The van der Waals surface area contributed by atoms with E-state index in [1.165, 1.54) is 12.3 Å². The summed E-state index contributed by atoms with van der Waals surface area (Å²) in [7, 11) is 0. The van der Waals surface area contributed by atoms with E-state index in [0.717, 1.165) is 0 Å². The third kappa shape index (κ3) is 2.78. The summed E-state index contributed by atoms with van der Waals surface area (Å²) in [5.41, 5.74) is -0.654. The molecule has 1 aromatic heterocycles. The molecular weight excluding hydrogens is 302 g/mol. The topological polar surface area (TPSA) is 79.5 Å². The number of nitro groups is 1. The molecule has 18 heavy (non-hydrogen) atoms. The molecule has 7 heteroatoms. The van der Waals surface area contributed by atoms with Crippen molar-refractivity contribution in [2.24, 2.45) is 0 Å². The van der Waals surface area contributed by atoms with Gasteiger partial charge in [-0.3, -0.25) is 10.1 Å². The lowest BCUT2D eigenvalue weighted by atomic mass is 9.94. The van der Waals surface area contributed by atoms with E-state index < -0.39 is 10.5 Å². The van der Waals surface area contributed by atoms with E-state index >= 15 is 0 Å². The lowest BCUT2D eigenvalue weighted by Crippen LogP contribution is -2.42. The van der Waals surface area contributed by atoms with Gasteiger partial charge in [-0.25, -0.2) is 4.98 Å². The molecule has 1 aromatic rings. The van der Waals surface area contributed by atoms with Crippen molar-refractivity contribution in [1.82, 2.24) is 4.98 Å². The highest BCUT2D eigenvalue weighted by molar-refractivity contribution is 9.10. The maximum Gasteiger partial charge on any atom is 0.288 e. The van der Waals surface area contributed by atoms with E-state index in [-0.39, 0.29) is 5.69 Å². The maximum atomic E-state index is 10.6. The van der Waals surface area contributed by atoms with Gasteiger partial charge in [0.15, 0.2) is 0 Å². The van der Waals surface area contributed by atoms with Crippen molar-refractivity contribution in [2.75, 3.05) is 18.0 Å². The molecule has 1 aliphatic rings. The van der Waals surface area contributed by atoms with Crippen LogP contribution in [0.2, 0.25) is 0 Å². The Morgan fingerprint density at radius 2 is 2.17 bits per heavy atom. The van der Waals surface area contributed by atoms with E-state index in [0.29, 0.717) is 36.2 Å². The average molecular weight is 316 g/mol. The zero-order valence-corrected chi connectivity index (χ0v) is 11.6. The van der Waals surface area contributed by atoms with Gasteiger partial charge in [0, 0.05) is 19.2 Å². The second-order valence-electron chi connectivity index (χ2n) is 4.74. The summed E-state index contributed by atoms with van der Waals surface area (Å²) in [6.07, 6.45) is 2.59. The summed E-state index contributed by atoms with van der Waals surface area (Å²) >= 11 is 3.31. The van der Waals surface area contributed by atoms with Crippen molar-refractivity contribution in [1.29, 1.82) is 0 Å². The van der Waals surface area contributed by atoms with Gasteiger partial charge in [-0.1, -0.05) is 0 Å². The Bertz CT molecular complexity index is 469. The molecule has 2 heterocycles. The first-order chi connectivity index (χ1) is 8.39. The van der Waals surface area contributed by atoms with Crippen LogP contribution in [0.3, 0.4) is 0 Å². The molecule has 0 amide bonds. The predicted molar refractivity (Wildman–Crippen MR) is 70.7 cm³/mol. The van der Waals surface area contributed by atoms with Gasteiger partial charge >= 0.3 is 0 Å². The molecule has 2 rings (SSSR count). The van der Waals surface area contributed by atoms with Gasteiger partial charge < -0.3 is 10.0 Å². The molecule has 98 valence electrons. The normalized spacial score (nSPS) is 18.7. The van der Waals surface area contributed by atoms with E-state index in [2.05, 4.69) is 20.9 Å². The smallest absolute Gasteiger partial charge is 0.288 e. The summed E-state index contributed by atoms with van der Waals surface area (Å²) < 4.78 is 0.609. The number of rotatable bonds is 2. The van der Waals surface area contributed by atoms with Gasteiger partial charge in [0.1, 0.15) is 12.0 Å². The Morgan fingerprint density at radius 1 is 1.56 bits per heavy atom. The Morgan fingerprint density at radius 3 is 2.67 bits per heavy atom. The number of aliphatic hydroxyl groups is 1. The van der Waals surface area contributed by atoms with Gasteiger partial charge in [0.05, 0.1) is 15.0 Å². The molecule has 0 bridgehead atoms. The minimum Gasteiger partial charge on any atom is -0.390 e. The van der Waals surface area contributed by atoms with Crippen LogP contribution in [-0.2, 0) is 0 Å². The average Bonchev–Trinajstić information content (AvgIpc) is 2.29. The van der Waals surface area contributed by atoms with Gasteiger partial charge in [-0.2, -0.15) is 0 Å². The highest BCUT2D eigenvalue weighted by Gasteiger charge is 2.29. The summed E-state index contributed by atoms with van der Waals surface area (Å²) in [5.74, 6) is 0.691. The number of hydrogen-bond acceptors (Lipinski definition) is 5. The lowest BCUT2D eigenvalue weighted by molar-refractivity contribution is -0.385. The van der Waals surface area contributed by atoms with Crippen molar-refractivity contribution in [2.45, 2.75) is 25.4 Å². The standard InChI is InChI=1S/C11H14BrN3O3/c1-11(16)2-4-14(5-3-11)10-9(12)6-8(7-13-10)15(17)18/h6-7,16H,2-5H2,1H3. The zero-order chi connectivity index (χ0) is 13.3. The molecule has 0 saturated carbocycles. The van der Waals surface area contributed by atoms with Crippen LogP contribution < -0.4 is 4.90 Å². The molecule has 0 radical (unpaired) electrons. The van der Waals surface area contributed by atoms with Crippen LogP contribution >= 0.6 is 15.9 Å². The number of hydrogen-bond donors (Lipinski definition) is 1. The summed E-state index contributed by atoms with van der Waals surface area (Å²) in [6, 6.07) is 1.45. The van der Waals surface area contributed by atoms with Crippen LogP contribution in [0.15, 0.2) is 16.7 Å². The van der Waals surface area contributed by atoms with Crippen LogP contribution in [0.25, 0.3) is 0 Å². The molecule has 6 nitrogen and oxygen atoms in total. The summed E-state index contributed by atoms with van der Waals surface area (Å²) in [6.45, 7) is 3.20. The number of nitrogens with zero attached hydrogens (tertiary/aromatic N) is 3. The fraction of sp³-hybridized carbons (Fsp3) is 0.545. The predicted octanol–water partition coefficient (Wildman–Crippen LogP) is 2.10. The highest BCUT2D eigenvalue weighted by Crippen LogP contribution is 2.31. The van der Waals surface area contributed by atoms with E-state index in [1.807, 2.05) is 11.8 Å². The molecule has 0 spiro atoms. The van der Waals surface area contributed by atoms with Crippen molar-refractivity contribution in [3.8, 4) is 0 Å². The SMILES string of the molecule is CC1(O)CCN(c2ncc([N+](=O)[O-])cc2Br)CC1. The highest BCUT2D eigenvalue weighted by atomic mass is 79.9. The van der Waals surface area contributed by atoms with Crippen molar-refractivity contribution in [3.63, 3.8) is 0 Å². The van der Waals surface area contributed by atoms with Crippen LogP contribution in [0.4, 0.5) is 11.5 Å². The van der Waals surface area contributed by atoms with Crippen molar-refractivity contribution < 1.29 is 10.0 Å². The van der Waals surface area contributed by atoms with E-state index in [9.17, 15) is 15.2 Å². The number of pyridine rings is 1. The van der Waals surface area contributed by atoms with Gasteiger partial charge in [0.25, 0.3) is 5.69 Å². The molecule has 0 unspecified atom stereocenters. The first kappa shape index (κ1) is 13.2. The van der Waals surface area contributed by atoms with Crippen LogP contribution in [0.5, 0.6) is 0 Å². The third-order valence-electron chi connectivity index (χ3n) is 3.16. The Balaban J connectivity index is 2.17. The van der Waals surface area contributed by atoms with E-state index in [1.54, 1.807) is 0 Å². The number of anilines is 1. The van der Waals surface area contributed by atoms with Gasteiger partial charge in [-0.05, 0) is 35.7 Å². The molecule has 1 saturated heterocycles. The monoisotopic (exact) mass is 315 g/mol. The molecule has 1 fully saturated rings. The van der Waals surface area contributed by atoms with Crippen LogP contribution in [0, 0.1) is 10.1 Å². The Kier molecular flexibility index (Phi) is 3.54. The largest absolute Gasteiger partial charge is 0.390 e. The second kappa shape index (κ2) is 4.81. The third-order valence-corrected chi connectivity index (χ3v) is 3.74. The fourth-order valence-corrected chi connectivity index (χ4v) is 2.54. The van der Waals surface area contributed by atoms with E-state index in [4.69, 9.17) is 0 Å². The number of piperidine rings is 1. The minimum absolute atomic E-state index is 0.0327. The van der Waals surface area contributed by atoms with Crippen LogP contribution in [0.1, 0.15) is 19.8 Å². The molecule has 1 N–H and O–H groups in total. The van der Waals surface area contributed by atoms with Crippen LogP contribution in [-0.4, -0.2) is 33.7 Å². The maximum absolute atomic E-state index is 10.6. The Hall–Kier alpha value is -1.21. The first-order valence-corrected chi connectivity index (χ1v) is 6.46. The second-order valence-corrected chi connectivity index (χ2v) is 5.59. The molecular formula is C11H14BrN3O3. The lowest BCUT2D eigenvalue weighted by Gasteiger charge is -2.36. The molecule has 0 aliphatic carbocycles. The molecule has 0 atom stereocenters. The van der Waals surface area contributed by atoms with Gasteiger partial charge in [-0.15, -0.1) is 0 Å². The quantitative estimate of drug-likeness (QED) is 0.668. The zero-order valence-electron chi connectivity index (χ0n) is 9.97. The molecule has 0 aromatic carbocycles. The summed E-state index contributed by atoms with van der Waals surface area (Å²) in [4.78, 5) is 16.3. The minimum atomic E-state index is -0.621.